The predicted octanol–water partition coefficient (Wildman–Crippen LogP) is 4.99. The summed E-state index contributed by atoms with van der Waals surface area (Å²) in [7, 11) is 0. The number of amides is 2. The minimum absolute atomic E-state index is 0.0577. The maximum Gasteiger partial charge on any atom is 0.310 e. The van der Waals surface area contributed by atoms with Crippen molar-refractivity contribution in [3.05, 3.63) is 54.6 Å². The molecule has 3 fully saturated rings. The molecule has 3 saturated heterocycles. The minimum Gasteiger partial charge on any atom is -0.465 e. The molecular weight excluding hydrogens is 604 g/mol. The van der Waals surface area contributed by atoms with Gasteiger partial charge in [0.15, 0.2) is 0 Å². The van der Waals surface area contributed by atoms with E-state index in [1.807, 2.05) is 13.0 Å². The fraction of sp³-hybridized carbons (Fsp3) is 0.552. The van der Waals surface area contributed by atoms with Gasteiger partial charge >= 0.3 is 5.97 Å². The third-order valence-electron chi connectivity index (χ3n) is 8.07. The zero-order valence-corrected chi connectivity index (χ0v) is 25.3. The van der Waals surface area contributed by atoms with E-state index in [9.17, 15) is 19.5 Å². The van der Waals surface area contributed by atoms with Crippen molar-refractivity contribution in [2.45, 2.75) is 65.9 Å². The van der Waals surface area contributed by atoms with Crippen molar-refractivity contribution in [2.24, 2.45) is 11.8 Å². The van der Waals surface area contributed by atoms with E-state index in [4.69, 9.17) is 16.3 Å². The molecule has 1 spiro atoms. The van der Waals surface area contributed by atoms with E-state index in [0.29, 0.717) is 23.6 Å². The molecule has 7 nitrogen and oxygen atoms in total. The van der Waals surface area contributed by atoms with Gasteiger partial charge in [0, 0.05) is 27.3 Å². The van der Waals surface area contributed by atoms with Crippen LogP contribution in [0.4, 0.5) is 5.69 Å². The molecule has 2 amide bonds. The van der Waals surface area contributed by atoms with E-state index < -0.39 is 28.7 Å². The topological polar surface area (TPSA) is 87.2 Å². The molecule has 3 heterocycles. The van der Waals surface area contributed by atoms with Crippen LogP contribution in [0.2, 0.25) is 5.02 Å². The molecule has 1 aromatic rings. The van der Waals surface area contributed by atoms with Gasteiger partial charge in [0.25, 0.3) is 5.91 Å². The summed E-state index contributed by atoms with van der Waals surface area (Å²) in [5.74, 6) is -2.27. The summed E-state index contributed by atoms with van der Waals surface area (Å²) in [6.45, 7) is 9.69. The van der Waals surface area contributed by atoms with Gasteiger partial charge in [-0.25, -0.2) is 0 Å². The molecule has 3 aliphatic heterocycles. The average molecular weight is 640 g/mol. The number of unbranched alkanes of at least 4 members (excludes halogenated alkanes) is 2. The lowest BCUT2D eigenvalue weighted by atomic mass is 9.71. The number of hydrogen-bond donors (Lipinski definition) is 1. The van der Waals surface area contributed by atoms with Crippen molar-refractivity contribution in [3.63, 3.8) is 0 Å². The number of carbonyl (C=O) groups is 3. The van der Waals surface area contributed by atoms with Crippen molar-refractivity contribution < 1.29 is 24.2 Å². The van der Waals surface area contributed by atoms with E-state index in [1.165, 1.54) is 0 Å². The molecule has 10 heteroatoms. The second kappa shape index (κ2) is 12.8. The number of nitrogens with zero attached hydrogens (tertiary/aromatic N) is 2. The maximum absolute atomic E-state index is 14.5. The van der Waals surface area contributed by atoms with Gasteiger partial charge in [-0.1, -0.05) is 46.6 Å². The first-order valence-electron chi connectivity index (χ1n) is 13.5. The van der Waals surface area contributed by atoms with Crippen LogP contribution < -0.4 is 4.90 Å². The lowest BCUT2D eigenvalue weighted by Gasteiger charge is -2.39. The van der Waals surface area contributed by atoms with E-state index >= 15 is 0 Å². The third kappa shape index (κ3) is 5.44. The van der Waals surface area contributed by atoms with Crippen LogP contribution >= 0.6 is 39.3 Å². The summed E-state index contributed by atoms with van der Waals surface area (Å²) in [5.41, 5.74) is 0.636. The summed E-state index contributed by atoms with van der Waals surface area (Å²) in [6, 6.07) is 5.56. The number of alkyl halides is 1. The minimum atomic E-state index is -0.858. The summed E-state index contributed by atoms with van der Waals surface area (Å²) in [5, 5.41) is 10.6. The number of rotatable bonds is 13. The number of carbonyl (C=O) groups excluding carboxylic acids is 3. The lowest BCUT2D eigenvalue weighted by Crippen LogP contribution is -2.58. The first kappa shape index (κ1) is 30.2. The van der Waals surface area contributed by atoms with Gasteiger partial charge in [0.2, 0.25) is 5.91 Å². The van der Waals surface area contributed by atoms with Crippen LogP contribution in [0.25, 0.3) is 0 Å². The fourth-order valence-electron chi connectivity index (χ4n) is 6.30. The van der Waals surface area contributed by atoms with E-state index in [0.717, 1.165) is 19.3 Å². The molecule has 0 aromatic heterocycles. The van der Waals surface area contributed by atoms with Crippen LogP contribution in [-0.4, -0.2) is 74.5 Å². The number of aliphatic hydroxyl groups excluding tert-OH is 1. The Bertz CT molecular complexity index is 1100. The van der Waals surface area contributed by atoms with Crippen LogP contribution in [0, 0.1) is 11.8 Å². The second-order valence-electron chi connectivity index (χ2n) is 10.3. The molecule has 212 valence electrons. The third-order valence-corrected chi connectivity index (χ3v) is 11.5. The number of anilines is 1. The molecule has 0 radical (unpaired) electrons. The highest BCUT2D eigenvalue weighted by Crippen LogP contribution is 2.68. The Morgan fingerprint density at radius 3 is 2.64 bits per heavy atom. The Balaban J connectivity index is 1.72. The van der Waals surface area contributed by atoms with Crippen molar-refractivity contribution in [1.29, 1.82) is 0 Å². The van der Waals surface area contributed by atoms with E-state index in [-0.39, 0.29) is 47.6 Å². The number of aliphatic hydroxyl groups is 1. The normalized spacial score (nSPS) is 29.7. The van der Waals surface area contributed by atoms with E-state index in [1.54, 1.807) is 51.9 Å². The number of halogens is 2. The monoisotopic (exact) mass is 638 g/mol. The van der Waals surface area contributed by atoms with Crippen molar-refractivity contribution in [2.75, 3.05) is 24.7 Å². The Morgan fingerprint density at radius 1 is 1.31 bits per heavy atom. The average Bonchev–Trinajstić information content (AvgIpc) is 3.52. The summed E-state index contributed by atoms with van der Waals surface area (Å²) in [6.07, 6.45) is 6.94. The fourth-order valence-corrected chi connectivity index (χ4v) is 10.0. The summed E-state index contributed by atoms with van der Waals surface area (Å²) < 4.78 is 4.86. The molecule has 3 aliphatic rings. The number of allylic oxidation sites excluding steroid dienone is 1. The maximum atomic E-state index is 14.5. The van der Waals surface area contributed by atoms with Crippen LogP contribution in [0.5, 0.6) is 0 Å². The van der Waals surface area contributed by atoms with Crippen molar-refractivity contribution in [3.8, 4) is 0 Å². The Hall–Kier alpha value is -1.81. The quantitative estimate of drug-likeness (QED) is 0.142. The molecule has 3 unspecified atom stereocenters. The molecule has 0 saturated carbocycles. The molecule has 1 N–H and O–H groups in total. The predicted molar refractivity (Wildman–Crippen MR) is 159 cm³/mol. The zero-order chi connectivity index (χ0) is 28.3. The molecule has 2 bridgehead atoms. The van der Waals surface area contributed by atoms with E-state index in [2.05, 4.69) is 29.1 Å². The second-order valence-corrected chi connectivity index (χ2v) is 13.5. The Kier molecular flexibility index (Phi) is 9.89. The van der Waals surface area contributed by atoms with Gasteiger partial charge in [-0.15, -0.1) is 24.9 Å². The smallest absolute Gasteiger partial charge is 0.310 e. The Labute approximate surface area is 248 Å². The molecule has 4 rings (SSSR count). The van der Waals surface area contributed by atoms with Gasteiger partial charge in [-0.05, 0) is 56.4 Å². The standard InChI is InChI=1S/C29H36BrClN2O5S/c1-4-7-8-9-15-38-28(37)22-23-26(35)33(19(6-3)17-34)25(29(23)16-21(30)24(22)39-29)27(36)32(14-5-2)20-12-10-18(31)11-13-20/h4-5,10-13,19,21-25,34H,1-2,6-9,14-17H2,3H3/t19-,21?,22+,23-,24+,25?,29?/m0/s1. The number of thioether (sulfide) groups is 1. The summed E-state index contributed by atoms with van der Waals surface area (Å²) in [4.78, 5) is 45.3. The number of esters is 1. The number of fused-ring (bicyclic) bond motifs is 1. The van der Waals surface area contributed by atoms with Gasteiger partial charge in [-0.2, -0.15) is 0 Å². The number of likely N-dealkylation sites (tertiary alicyclic amines) is 1. The SMILES string of the molecule is C=CCCCCOC(=O)[C@H]1[C@@H]2SC3(CC2Br)C(C(=O)N(CC=C)c2ccc(Cl)cc2)N([C@@H](CC)CO)C(=O)[C@H]13. The van der Waals surface area contributed by atoms with Crippen LogP contribution in [0.1, 0.15) is 39.0 Å². The van der Waals surface area contributed by atoms with Gasteiger partial charge in [0.1, 0.15) is 6.04 Å². The van der Waals surface area contributed by atoms with Crippen LogP contribution in [-0.2, 0) is 19.1 Å². The zero-order valence-electron chi connectivity index (χ0n) is 22.1. The molecule has 39 heavy (non-hydrogen) atoms. The van der Waals surface area contributed by atoms with Crippen molar-refractivity contribution in [1.82, 2.24) is 4.90 Å². The first-order valence-corrected chi connectivity index (χ1v) is 15.6. The Morgan fingerprint density at radius 2 is 2.03 bits per heavy atom. The molecular formula is C29H36BrClN2O5S. The largest absolute Gasteiger partial charge is 0.465 e. The van der Waals surface area contributed by atoms with Gasteiger partial charge in [-0.3, -0.25) is 14.4 Å². The first-order chi connectivity index (χ1) is 18.7. The molecule has 1 aromatic carbocycles. The lowest BCUT2D eigenvalue weighted by molar-refractivity contribution is -0.154. The van der Waals surface area contributed by atoms with Gasteiger partial charge < -0.3 is 19.6 Å². The number of ether oxygens (including phenoxy) is 1. The summed E-state index contributed by atoms with van der Waals surface area (Å²) >= 11 is 11.4. The highest BCUT2D eigenvalue weighted by atomic mass is 79.9. The highest BCUT2D eigenvalue weighted by molar-refractivity contribution is 9.09. The van der Waals surface area contributed by atoms with Crippen LogP contribution in [0.3, 0.4) is 0 Å². The van der Waals surface area contributed by atoms with Crippen LogP contribution in [0.15, 0.2) is 49.6 Å². The van der Waals surface area contributed by atoms with Gasteiger partial charge in [0.05, 0.1) is 35.8 Å². The number of hydrogen-bond acceptors (Lipinski definition) is 6. The highest BCUT2D eigenvalue weighted by Gasteiger charge is 2.76. The molecule has 7 atom stereocenters. The number of benzene rings is 1. The van der Waals surface area contributed by atoms with Crippen molar-refractivity contribution >= 4 is 62.8 Å². The molecule has 0 aliphatic carbocycles.